The number of carbonyl (C=O) groups excluding carboxylic acids is 1. The maximum atomic E-state index is 11.9. The van der Waals surface area contributed by atoms with Crippen LogP contribution in [0.5, 0.6) is 11.5 Å². The fourth-order valence-corrected chi connectivity index (χ4v) is 3.12. The molecule has 0 aromatic heterocycles. The van der Waals surface area contributed by atoms with Crippen LogP contribution in [0.4, 0.5) is 0 Å². The molecule has 1 atom stereocenters. The van der Waals surface area contributed by atoms with Gasteiger partial charge in [0.1, 0.15) is 0 Å². The first-order chi connectivity index (χ1) is 10.7. The van der Waals surface area contributed by atoms with Gasteiger partial charge in [0, 0.05) is 12.6 Å². The van der Waals surface area contributed by atoms with Crippen LogP contribution in [0.2, 0.25) is 0 Å². The fraction of sp³-hybridized carbons (Fsp3) is 0.588. The molecule has 0 bridgehead atoms. The first-order valence-electron chi connectivity index (χ1n) is 7.90. The van der Waals surface area contributed by atoms with Crippen molar-refractivity contribution < 1.29 is 14.3 Å². The smallest absolute Gasteiger partial charge is 0.236 e. The number of nitrogens with two attached hydrogens (primary N) is 1. The van der Waals surface area contributed by atoms with Crippen LogP contribution < -0.4 is 15.2 Å². The molecule has 0 radical (unpaired) electrons. The highest BCUT2D eigenvalue weighted by Crippen LogP contribution is 2.29. The van der Waals surface area contributed by atoms with Gasteiger partial charge < -0.3 is 20.1 Å². The van der Waals surface area contributed by atoms with E-state index in [0.717, 1.165) is 43.7 Å². The van der Waals surface area contributed by atoms with E-state index in [2.05, 4.69) is 6.07 Å². The normalized spacial score (nSPS) is 18.1. The Hall–Kier alpha value is -1.75. The monoisotopic (exact) mass is 306 g/mol. The number of amides is 1. The maximum absolute atomic E-state index is 11.9. The van der Waals surface area contributed by atoms with Crippen molar-refractivity contribution in [2.24, 2.45) is 5.73 Å². The molecular formula is C17H26N2O3. The number of hydrogen-bond donors (Lipinski definition) is 1. The van der Waals surface area contributed by atoms with Crippen LogP contribution in [0.25, 0.3) is 0 Å². The highest BCUT2D eigenvalue weighted by atomic mass is 16.5. The number of piperidine rings is 1. The second kappa shape index (κ2) is 8.03. The molecule has 5 heteroatoms. The first kappa shape index (κ1) is 16.6. The summed E-state index contributed by atoms with van der Waals surface area (Å²) in [5, 5.41) is 0. The molecule has 1 aromatic rings. The van der Waals surface area contributed by atoms with Crippen molar-refractivity contribution in [3.8, 4) is 11.5 Å². The number of benzene rings is 1. The number of hydrogen-bond acceptors (Lipinski definition) is 4. The van der Waals surface area contributed by atoms with Crippen LogP contribution >= 0.6 is 0 Å². The van der Waals surface area contributed by atoms with Crippen LogP contribution in [0.3, 0.4) is 0 Å². The summed E-state index contributed by atoms with van der Waals surface area (Å²) in [6, 6.07) is 6.30. The van der Waals surface area contributed by atoms with Gasteiger partial charge in [0.15, 0.2) is 11.5 Å². The Balaban J connectivity index is 2.00. The summed E-state index contributed by atoms with van der Waals surface area (Å²) in [4.78, 5) is 13.9. The molecular weight excluding hydrogens is 280 g/mol. The van der Waals surface area contributed by atoms with E-state index in [4.69, 9.17) is 15.2 Å². The number of carbonyl (C=O) groups is 1. The summed E-state index contributed by atoms with van der Waals surface area (Å²) in [6.07, 6.45) is 5.21. The van der Waals surface area contributed by atoms with E-state index in [1.54, 1.807) is 14.2 Å². The quantitative estimate of drug-likeness (QED) is 0.873. The Kier molecular flexibility index (Phi) is 6.07. The van der Waals surface area contributed by atoms with Gasteiger partial charge >= 0.3 is 0 Å². The largest absolute Gasteiger partial charge is 0.493 e. The zero-order valence-electron chi connectivity index (χ0n) is 13.5. The molecule has 5 nitrogen and oxygen atoms in total. The van der Waals surface area contributed by atoms with E-state index < -0.39 is 0 Å². The molecule has 1 saturated heterocycles. The Morgan fingerprint density at radius 2 is 2.05 bits per heavy atom. The molecule has 1 aromatic carbocycles. The zero-order valence-corrected chi connectivity index (χ0v) is 13.5. The predicted molar refractivity (Wildman–Crippen MR) is 86.3 cm³/mol. The third-order valence-corrected chi connectivity index (χ3v) is 4.34. The lowest BCUT2D eigenvalue weighted by molar-refractivity contribution is -0.133. The molecule has 2 N–H and O–H groups in total. The van der Waals surface area contributed by atoms with Crippen molar-refractivity contribution in [2.45, 2.75) is 38.1 Å². The second-order valence-electron chi connectivity index (χ2n) is 5.67. The topological polar surface area (TPSA) is 64.8 Å². The molecule has 0 spiro atoms. The van der Waals surface area contributed by atoms with Crippen molar-refractivity contribution >= 4 is 5.91 Å². The number of ether oxygens (including phenoxy) is 2. The van der Waals surface area contributed by atoms with E-state index in [0.29, 0.717) is 6.04 Å². The summed E-state index contributed by atoms with van der Waals surface area (Å²) in [5.74, 6) is 1.55. The Labute approximate surface area is 132 Å². The fourth-order valence-electron chi connectivity index (χ4n) is 3.12. The maximum Gasteiger partial charge on any atom is 0.236 e. The average molecular weight is 306 g/mol. The SMILES string of the molecule is COc1ccc(CCC2CCCCN2C(=O)CN)cc1OC. The minimum absolute atomic E-state index is 0.0667. The van der Waals surface area contributed by atoms with Crippen molar-refractivity contribution in [1.82, 2.24) is 4.90 Å². The molecule has 1 heterocycles. The lowest BCUT2D eigenvalue weighted by Gasteiger charge is -2.35. The Morgan fingerprint density at radius 3 is 2.73 bits per heavy atom. The second-order valence-corrected chi connectivity index (χ2v) is 5.67. The first-order valence-corrected chi connectivity index (χ1v) is 7.90. The molecule has 22 heavy (non-hydrogen) atoms. The number of likely N-dealkylation sites (tertiary alicyclic amines) is 1. The third kappa shape index (κ3) is 3.91. The lowest BCUT2D eigenvalue weighted by Crippen LogP contribution is -2.46. The number of methoxy groups -OCH3 is 2. The zero-order chi connectivity index (χ0) is 15.9. The highest BCUT2D eigenvalue weighted by molar-refractivity contribution is 5.78. The van der Waals surface area contributed by atoms with Gasteiger partial charge in [-0.3, -0.25) is 4.79 Å². The van der Waals surface area contributed by atoms with Crippen molar-refractivity contribution in [2.75, 3.05) is 27.3 Å². The Bertz CT molecular complexity index is 505. The van der Waals surface area contributed by atoms with Gasteiger partial charge in [0.2, 0.25) is 5.91 Å². The van der Waals surface area contributed by atoms with Crippen LogP contribution in [-0.4, -0.2) is 44.2 Å². The molecule has 0 aliphatic carbocycles. The number of rotatable bonds is 6. The van der Waals surface area contributed by atoms with E-state index in [-0.39, 0.29) is 12.5 Å². The van der Waals surface area contributed by atoms with E-state index >= 15 is 0 Å². The summed E-state index contributed by atoms with van der Waals surface area (Å²) in [6.45, 7) is 0.944. The molecule has 0 saturated carbocycles. The summed E-state index contributed by atoms with van der Waals surface area (Å²) >= 11 is 0. The van der Waals surface area contributed by atoms with Crippen LogP contribution in [0.1, 0.15) is 31.2 Å². The standard InChI is InChI=1S/C17H26N2O3/c1-21-15-9-7-13(11-16(15)22-2)6-8-14-5-3-4-10-19(14)17(20)12-18/h7,9,11,14H,3-6,8,10,12,18H2,1-2H3. The van der Waals surface area contributed by atoms with Gasteiger partial charge in [-0.15, -0.1) is 0 Å². The van der Waals surface area contributed by atoms with Crippen molar-refractivity contribution in [1.29, 1.82) is 0 Å². The molecule has 1 fully saturated rings. The summed E-state index contributed by atoms with van der Waals surface area (Å²) in [5.41, 5.74) is 6.72. The minimum atomic E-state index is 0.0667. The molecule has 1 amide bonds. The molecule has 122 valence electrons. The molecule has 1 aliphatic heterocycles. The van der Waals surface area contributed by atoms with Crippen molar-refractivity contribution in [3.05, 3.63) is 23.8 Å². The van der Waals surface area contributed by atoms with Gasteiger partial charge in [-0.25, -0.2) is 0 Å². The Morgan fingerprint density at radius 1 is 1.27 bits per heavy atom. The van der Waals surface area contributed by atoms with Crippen LogP contribution in [0, 0.1) is 0 Å². The van der Waals surface area contributed by atoms with Crippen LogP contribution in [-0.2, 0) is 11.2 Å². The molecule has 1 unspecified atom stereocenters. The number of aryl methyl sites for hydroxylation is 1. The summed E-state index contributed by atoms with van der Waals surface area (Å²) in [7, 11) is 3.28. The van der Waals surface area contributed by atoms with Gasteiger partial charge in [-0.1, -0.05) is 6.07 Å². The highest BCUT2D eigenvalue weighted by Gasteiger charge is 2.25. The van der Waals surface area contributed by atoms with Gasteiger partial charge in [-0.2, -0.15) is 0 Å². The van der Waals surface area contributed by atoms with E-state index in [1.165, 1.54) is 12.0 Å². The average Bonchev–Trinajstić information content (AvgIpc) is 2.59. The number of nitrogens with zero attached hydrogens (tertiary/aromatic N) is 1. The van der Waals surface area contributed by atoms with Crippen molar-refractivity contribution in [3.63, 3.8) is 0 Å². The van der Waals surface area contributed by atoms with E-state index in [9.17, 15) is 4.79 Å². The minimum Gasteiger partial charge on any atom is -0.493 e. The third-order valence-electron chi connectivity index (χ3n) is 4.34. The van der Waals surface area contributed by atoms with Gasteiger partial charge in [-0.05, 0) is 49.8 Å². The summed E-state index contributed by atoms with van der Waals surface area (Å²) < 4.78 is 10.6. The lowest BCUT2D eigenvalue weighted by atomic mass is 9.95. The molecule has 1 aliphatic rings. The van der Waals surface area contributed by atoms with Crippen LogP contribution in [0.15, 0.2) is 18.2 Å². The predicted octanol–water partition coefficient (Wildman–Crippen LogP) is 1.98. The van der Waals surface area contributed by atoms with E-state index in [1.807, 2.05) is 17.0 Å². The van der Waals surface area contributed by atoms with Gasteiger partial charge in [0.05, 0.1) is 20.8 Å². The molecule has 2 rings (SSSR count). The van der Waals surface area contributed by atoms with Gasteiger partial charge in [0.25, 0.3) is 0 Å².